The number of allylic oxidation sites excluding steroid dienone is 2. The third kappa shape index (κ3) is 2.42. The van der Waals surface area contributed by atoms with Gasteiger partial charge in [0.25, 0.3) is 0 Å². The monoisotopic (exact) mass is 200 g/mol. The molecule has 0 radical (unpaired) electrons. The van der Waals surface area contributed by atoms with Gasteiger partial charge < -0.3 is 0 Å². The quantitative estimate of drug-likeness (QED) is 0.563. The lowest BCUT2D eigenvalue weighted by molar-refractivity contribution is -0.112. The molecule has 13 heavy (non-hydrogen) atoms. The SMILES string of the molecule is F/C(=C(\F)C(F)(F)F)C1CCCC1. The number of hydrogen-bond acceptors (Lipinski definition) is 0. The third-order valence-electron chi connectivity index (χ3n) is 2.17. The van der Waals surface area contributed by atoms with Crippen molar-refractivity contribution in [1.82, 2.24) is 0 Å². The zero-order valence-electron chi connectivity index (χ0n) is 6.80. The molecule has 0 heterocycles. The van der Waals surface area contributed by atoms with E-state index in [1.807, 2.05) is 0 Å². The summed E-state index contributed by atoms with van der Waals surface area (Å²) in [6.07, 6.45) is -3.20. The standard InChI is InChI=1S/C8H9F5/c9-6(5-3-1-2-4-5)7(10)8(11,12)13/h5H,1-4H2/b7-6-. The van der Waals surface area contributed by atoms with Crippen molar-refractivity contribution in [3.63, 3.8) is 0 Å². The van der Waals surface area contributed by atoms with Gasteiger partial charge >= 0.3 is 6.18 Å². The van der Waals surface area contributed by atoms with Crippen LogP contribution in [0, 0.1) is 5.92 Å². The Bertz CT molecular complexity index is 209. The van der Waals surface area contributed by atoms with Crippen LogP contribution in [-0.4, -0.2) is 6.18 Å². The first-order valence-electron chi connectivity index (χ1n) is 4.05. The first-order valence-corrected chi connectivity index (χ1v) is 4.05. The topological polar surface area (TPSA) is 0 Å². The van der Waals surface area contributed by atoms with Crippen molar-refractivity contribution in [2.75, 3.05) is 0 Å². The van der Waals surface area contributed by atoms with Crippen LogP contribution in [0.5, 0.6) is 0 Å². The Morgan fingerprint density at radius 2 is 1.46 bits per heavy atom. The first kappa shape index (κ1) is 10.5. The van der Waals surface area contributed by atoms with Crippen LogP contribution in [0.4, 0.5) is 22.0 Å². The van der Waals surface area contributed by atoms with Crippen molar-refractivity contribution in [3.8, 4) is 0 Å². The molecule has 1 aliphatic carbocycles. The fourth-order valence-corrected chi connectivity index (χ4v) is 1.49. The van der Waals surface area contributed by atoms with Crippen LogP contribution in [0.15, 0.2) is 11.7 Å². The molecule has 0 unspecified atom stereocenters. The molecule has 0 aliphatic heterocycles. The Morgan fingerprint density at radius 1 is 1.00 bits per heavy atom. The van der Waals surface area contributed by atoms with Gasteiger partial charge in [-0.3, -0.25) is 0 Å². The number of alkyl halides is 3. The molecule has 0 aromatic carbocycles. The summed E-state index contributed by atoms with van der Waals surface area (Å²) in [6, 6.07) is 0. The van der Waals surface area contributed by atoms with E-state index < -0.39 is 23.7 Å². The molecular weight excluding hydrogens is 191 g/mol. The minimum absolute atomic E-state index is 0.315. The number of halogens is 5. The molecule has 0 aromatic rings. The van der Waals surface area contributed by atoms with Crippen molar-refractivity contribution in [2.45, 2.75) is 31.9 Å². The van der Waals surface area contributed by atoms with Gasteiger partial charge in [0.05, 0.1) is 0 Å². The second-order valence-electron chi connectivity index (χ2n) is 3.14. The molecule has 0 saturated heterocycles. The molecule has 5 heteroatoms. The summed E-state index contributed by atoms with van der Waals surface area (Å²) in [5.41, 5.74) is 0. The lowest BCUT2D eigenvalue weighted by atomic mass is 10.1. The van der Waals surface area contributed by atoms with E-state index in [-0.39, 0.29) is 0 Å². The maximum absolute atomic E-state index is 12.8. The van der Waals surface area contributed by atoms with Gasteiger partial charge in [0.2, 0.25) is 5.83 Å². The average Bonchev–Trinajstić information content (AvgIpc) is 2.51. The van der Waals surface area contributed by atoms with Crippen molar-refractivity contribution < 1.29 is 22.0 Å². The van der Waals surface area contributed by atoms with E-state index in [0.717, 1.165) is 0 Å². The Kier molecular flexibility index (Phi) is 2.93. The Morgan fingerprint density at radius 3 is 1.85 bits per heavy atom. The number of hydrogen-bond donors (Lipinski definition) is 0. The minimum atomic E-state index is -5.17. The molecule has 1 fully saturated rings. The summed E-state index contributed by atoms with van der Waals surface area (Å²) in [5.74, 6) is -5.04. The predicted molar refractivity (Wildman–Crippen MR) is 37.3 cm³/mol. The van der Waals surface area contributed by atoms with Crippen LogP contribution in [0.25, 0.3) is 0 Å². The van der Waals surface area contributed by atoms with Crippen molar-refractivity contribution >= 4 is 0 Å². The highest BCUT2D eigenvalue weighted by atomic mass is 19.4. The smallest absolute Gasteiger partial charge is 0.208 e. The van der Waals surface area contributed by atoms with E-state index in [1.54, 1.807) is 0 Å². The van der Waals surface area contributed by atoms with Crippen LogP contribution < -0.4 is 0 Å². The third-order valence-corrected chi connectivity index (χ3v) is 2.17. The highest BCUT2D eigenvalue weighted by Gasteiger charge is 2.40. The van der Waals surface area contributed by atoms with Crippen LogP contribution in [0.2, 0.25) is 0 Å². The number of rotatable bonds is 1. The van der Waals surface area contributed by atoms with Gasteiger partial charge in [-0.05, 0) is 12.8 Å². The molecule has 0 bridgehead atoms. The Labute approximate surface area is 72.4 Å². The fraction of sp³-hybridized carbons (Fsp3) is 0.750. The average molecular weight is 200 g/mol. The maximum atomic E-state index is 12.8. The van der Waals surface area contributed by atoms with E-state index in [2.05, 4.69) is 0 Å². The second kappa shape index (κ2) is 3.64. The lowest BCUT2D eigenvalue weighted by Gasteiger charge is -2.09. The summed E-state index contributed by atoms with van der Waals surface area (Å²) in [4.78, 5) is 0. The van der Waals surface area contributed by atoms with Crippen LogP contribution in [0.3, 0.4) is 0 Å². The van der Waals surface area contributed by atoms with Gasteiger partial charge in [-0.1, -0.05) is 12.8 Å². The molecule has 0 aromatic heterocycles. The van der Waals surface area contributed by atoms with Crippen molar-refractivity contribution in [2.24, 2.45) is 5.92 Å². The summed E-state index contributed by atoms with van der Waals surface area (Å²) in [5, 5.41) is 0. The van der Waals surface area contributed by atoms with Crippen LogP contribution in [-0.2, 0) is 0 Å². The van der Waals surface area contributed by atoms with Gasteiger partial charge in [0, 0.05) is 5.92 Å². The van der Waals surface area contributed by atoms with Gasteiger partial charge in [0.1, 0.15) is 5.83 Å². The predicted octanol–water partition coefficient (Wildman–Crippen LogP) is 3.89. The van der Waals surface area contributed by atoms with Gasteiger partial charge in [-0.15, -0.1) is 0 Å². The molecule has 76 valence electrons. The summed E-state index contributed by atoms with van der Waals surface area (Å²) in [7, 11) is 0. The highest BCUT2D eigenvalue weighted by Crippen LogP contribution is 2.38. The zero-order chi connectivity index (χ0) is 10.1. The summed E-state index contributed by atoms with van der Waals surface area (Å²) >= 11 is 0. The van der Waals surface area contributed by atoms with Crippen LogP contribution in [0.1, 0.15) is 25.7 Å². The van der Waals surface area contributed by atoms with Gasteiger partial charge in [0.15, 0.2) is 0 Å². The van der Waals surface area contributed by atoms with E-state index in [9.17, 15) is 22.0 Å². The van der Waals surface area contributed by atoms with Gasteiger partial charge in [-0.2, -0.15) is 17.6 Å². The molecule has 1 rings (SSSR count). The molecule has 0 N–H and O–H groups in total. The van der Waals surface area contributed by atoms with E-state index in [0.29, 0.717) is 25.7 Å². The molecule has 0 atom stereocenters. The van der Waals surface area contributed by atoms with Crippen molar-refractivity contribution in [3.05, 3.63) is 11.7 Å². The maximum Gasteiger partial charge on any atom is 0.445 e. The molecule has 0 amide bonds. The minimum Gasteiger partial charge on any atom is -0.208 e. The van der Waals surface area contributed by atoms with E-state index in [1.165, 1.54) is 0 Å². The molecule has 1 saturated carbocycles. The summed E-state index contributed by atoms with van der Waals surface area (Å²) in [6.45, 7) is 0. The summed E-state index contributed by atoms with van der Waals surface area (Å²) < 4.78 is 60.2. The van der Waals surface area contributed by atoms with E-state index in [4.69, 9.17) is 0 Å². The molecule has 0 spiro atoms. The second-order valence-corrected chi connectivity index (χ2v) is 3.14. The normalized spacial score (nSPS) is 21.9. The molecule has 1 aliphatic rings. The molecule has 0 nitrogen and oxygen atoms in total. The fourth-order valence-electron chi connectivity index (χ4n) is 1.49. The lowest BCUT2D eigenvalue weighted by Crippen LogP contribution is -2.12. The van der Waals surface area contributed by atoms with Crippen LogP contribution >= 0.6 is 0 Å². The Hall–Kier alpha value is -0.610. The van der Waals surface area contributed by atoms with E-state index >= 15 is 0 Å². The largest absolute Gasteiger partial charge is 0.445 e. The first-order chi connectivity index (χ1) is 5.93. The van der Waals surface area contributed by atoms with Crippen molar-refractivity contribution in [1.29, 1.82) is 0 Å². The highest BCUT2D eigenvalue weighted by molar-refractivity contribution is 5.09. The molecular formula is C8H9F5. The Balaban J connectivity index is 2.77. The van der Waals surface area contributed by atoms with Gasteiger partial charge in [-0.25, -0.2) is 4.39 Å². The zero-order valence-corrected chi connectivity index (χ0v) is 6.80.